The lowest BCUT2D eigenvalue weighted by Crippen LogP contribution is -2.32. The number of carbonyl (C=O) groups is 1. The Hall–Kier alpha value is -0.880. The SMILES string of the molecule is O=C(NCC1CCCO1)c1nc2n(c1Br)CCC2. The number of nitrogens with zero attached hydrogens (tertiary/aromatic N) is 2. The summed E-state index contributed by atoms with van der Waals surface area (Å²) in [6.07, 6.45) is 4.35. The minimum absolute atomic E-state index is 0.112. The maximum absolute atomic E-state index is 12.1. The number of hydrogen-bond acceptors (Lipinski definition) is 3. The van der Waals surface area contributed by atoms with E-state index >= 15 is 0 Å². The molecule has 18 heavy (non-hydrogen) atoms. The first-order valence-corrected chi connectivity index (χ1v) is 7.19. The highest BCUT2D eigenvalue weighted by Crippen LogP contribution is 2.24. The molecule has 1 fully saturated rings. The van der Waals surface area contributed by atoms with Crippen molar-refractivity contribution in [2.75, 3.05) is 13.2 Å². The molecule has 1 aromatic heterocycles. The maximum Gasteiger partial charge on any atom is 0.272 e. The number of halogens is 1. The molecule has 1 N–H and O–H groups in total. The molecule has 0 aliphatic carbocycles. The quantitative estimate of drug-likeness (QED) is 0.920. The molecule has 1 saturated heterocycles. The molecule has 3 rings (SSSR count). The molecule has 0 spiro atoms. The number of rotatable bonds is 3. The van der Waals surface area contributed by atoms with Crippen LogP contribution in [0.15, 0.2) is 4.60 Å². The lowest BCUT2D eigenvalue weighted by molar-refractivity contribution is 0.0853. The number of nitrogens with one attached hydrogen (secondary N) is 1. The highest BCUT2D eigenvalue weighted by atomic mass is 79.9. The Kier molecular flexibility index (Phi) is 3.39. The second kappa shape index (κ2) is 5.01. The van der Waals surface area contributed by atoms with Crippen molar-refractivity contribution in [2.24, 2.45) is 0 Å². The molecule has 3 heterocycles. The maximum atomic E-state index is 12.1. The summed E-state index contributed by atoms with van der Waals surface area (Å²) >= 11 is 3.46. The number of ether oxygens (including phenoxy) is 1. The summed E-state index contributed by atoms with van der Waals surface area (Å²) in [6, 6.07) is 0. The van der Waals surface area contributed by atoms with Gasteiger partial charge in [-0.25, -0.2) is 4.98 Å². The molecule has 6 heteroatoms. The standard InChI is InChI=1S/C12H16BrN3O2/c13-11-10(15-9-4-1-5-16(9)11)12(17)14-7-8-3-2-6-18-8/h8H,1-7H2,(H,14,17). The van der Waals surface area contributed by atoms with E-state index in [4.69, 9.17) is 4.74 Å². The first-order valence-electron chi connectivity index (χ1n) is 6.40. The van der Waals surface area contributed by atoms with Crippen molar-refractivity contribution in [3.63, 3.8) is 0 Å². The molecule has 5 nitrogen and oxygen atoms in total. The van der Waals surface area contributed by atoms with Crippen LogP contribution in [0.2, 0.25) is 0 Å². The molecule has 0 radical (unpaired) electrons. The molecule has 2 aliphatic heterocycles. The second-order valence-corrected chi connectivity index (χ2v) is 5.52. The van der Waals surface area contributed by atoms with E-state index in [0.29, 0.717) is 12.2 Å². The summed E-state index contributed by atoms with van der Waals surface area (Å²) in [6.45, 7) is 2.33. The van der Waals surface area contributed by atoms with Gasteiger partial charge in [0.05, 0.1) is 6.10 Å². The summed E-state index contributed by atoms with van der Waals surface area (Å²) in [4.78, 5) is 16.5. The first kappa shape index (κ1) is 12.2. The van der Waals surface area contributed by atoms with Gasteiger partial charge < -0.3 is 14.6 Å². The van der Waals surface area contributed by atoms with Gasteiger partial charge in [0.15, 0.2) is 5.69 Å². The molecule has 0 bridgehead atoms. The van der Waals surface area contributed by atoms with Crippen LogP contribution < -0.4 is 5.32 Å². The van der Waals surface area contributed by atoms with Gasteiger partial charge in [-0.05, 0) is 35.2 Å². The molecular weight excluding hydrogens is 298 g/mol. The summed E-state index contributed by atoms with van der Waals surface area (Å²) in [7, 11) is 0. The van der Waals surface area contributed by atoms with Crippen LogP contribution >= 0.6 is 15.9 Å². The van der Waals surface area contributed by atoms with Gasteiger partial charge in [-0.2, -0.15) is 0 Å². The third kappa shape index (κ3) is 2.19. The van der Waals surface area contributed by atoms with Crippen LogP contribution in [0.3, 0.4) is 0 Å². The van der Waals surface area contributed by atoms with Gasteiger partial charge in [0.25, 0.3) is 5.91 Å². The predicted molar refractivity (Wildman–Crippen MR) is 69.6 cm³/mol. The third-order valence-electron chi connectivity index (χ3n) is 3.50. The van der Waals surface area contributed by atoms with E-state index in [-0.39, 0.29) is 12.0 Å². The van der Waals surface area contributed by atoms with Crippen LogP contribution in [0.4, 0.5) is 0 Å². The average Bonchev–Trinajstić information content (AvgIpc) is 3.05. The van der Waals surface area contributed by atoms with Gasteiger partial charge >= 0.3 is 0 Å². The van der Waals surface area contributed by atoms with Crippen molar-refractivity contribution in [1.29, 1.82) is 0 Å². The Morgan fingerprint density at radius 1 is 1.56 bits per heavy atom. The van der Waals surface area contributed by atoms with Crippen LogP contribution in [-0.2, 0) is 17.7 Å². The van der Waals surface area contributed by atoms with E-state index < -0.39 is 0 Å². The summed E-state index contributed by atoms with van der Waals surface area (Å²) in [5, 5.41) is 2.90. The van der Waals surface area contributed by atoms with Gasteiger partial charge in [0, 0.05) is 26.1 Å². The summed E-state index contributed by atoms with van der Waals surface area (Å²) in [5.41, 5.74) is 0.502. The summed E-state index contributed by atoms with van der Waals surface area (Å²) in [5.74, 6) is 0.892. The van der Waals surface area contributed by atoms with E-state index in [1.54, 1.807) is 0 Å². The molecule has 98 valence electrons. The van der Waals surface area contributed by atoms with Gasteiger partial charge in [-0.15, -0.1) is 0 Å². The predicted octanol–water partition coefficient (Wildman–Crippen LogP) is 1.50. The monoisotopic (exact) mass is 313 g/mol. The Morgan fingerprint density at radius 3 is 3.17 bits per heavy atom. The van der Waals surface area contributed by atoms with Crippen LogP contribution in [0.1, 0.15) is 35.6 Å². The lowest BCUT2D eigenvalue weighted by atomic mass is 10.2. The first-order chi connectivity index (χ1) is 8.75. The number of imidazole rings is 1. The fourth-order valence-electron chi connectivity index (χ4n) is 2.53. The average molecular weight is 314 g/mol. The highest BCUT2D eigenvalue weighted by molar-refractivity contribution is 9.10. The largest absolute Gasteiger partial charge is 0.376 e. The van der Waals surface area contributed by atoms with Crippen LogP contribution in [-0.4, -0.2) is 34.7 Å². The summed E-state index contributed by atoms with van der Waals surface area (Å²) < 4.78 is 8.35. The number of aromatic nitrogens is 2. The van der Waals surface area contributed by atoms with Crippen molar-refractivity contribution < 1.29 is 9.53 Å². The fraction of sp³-hybridized carbons (Fsp3) is 0.667. The third-order valence-corrected chi connectivity index (χ3v) is 4.30. The molecule has 1 unspecified atom stereocenters. The number of amides is 1. The van der Waals surface area contributed by atoms with E-state index in [1.165, 1.54) is 0 Å². The zero-order valence-corrected chi connectivity index (χ0v) is 11.7. The van der Waals surface area contributed by atoms with Gasteiger partial charge in [-0.3, -0.25) is 4.79 Å². The fourth-order valence-corrected chi connectivity index (χ4v) is 3.18. The van der Waals surface area contributed by atoms with Crippen LogP contribution in [0.5, 0.6) is 0 Å². The number of hydrogen-bond donors (Lipinski definition) is 1. The lowest BCUT2D eigenvalue weighted by Gasteiger charge is -2.10. The van der Waals surface area contributed by atoms with Crippen molar-refractivity contribution >= 4 is 21.8 Å². The Labute approximate surface area is 114 Å². The molecule has 0 saturated carbocycles. The number of aryl methyl sites for hydroxylation is 1. The Morgan fingerprint density at radius 2 is 2.44 bits per heavy atom. The van der Waals surface area contributed by atoms with Crippen molar-refractivity contribution in [1.82, 2.24) is 14.9 Å². The molecule has 2 aliphatic rings. The molecule has 1 amide bonds. The van der Waals surface area contributed by atoms with Crippen molar-refractivity contribution in [2.45, 2.75) is 38.3 Å². The van der Waals surface area contributed by atoms with Gasteiger partial charge in [-0.1, -0.05) is 0 Å². The molecule has 1 aromatic rings. The van der Waals surface area contributed by atoms with E-state index in [9.17, 15) is 4.79 Å². The molecule has 1 atom stereocenters. The number of fused-ring (bicyclic) bond motifs is 1. The Balaban J connectivity index is 1.65. The van der Waals surface area contributed by atoms with E-state index in [0.717, 1.165) is 49.3 Å². The van der Waals surface area contributed by atoms with Crippen molar-refractivity contribution in [3.8, 4) is 0 Å². The van der Waals surface area contributed by atoms with Gasteiger partial charge in [0.1, 0.15) is 10.4 Å². The van der Waals surface area contributed by atoms with Crippen molar-refractivity contribution in [3.05, 3.63) is 16.1 Å². The normalized spacial score (nSPS) is 22.2. The smallest absolute Gasteiger partial charge is 0.272 e. The van der Waals surface area contributed by atoms with E-state index in [2.05, 4.69) is 30.8 Å². The minimum atomic E-state index is -0.112. The second-order valence-electron chi connectivity index (χ2n) is 4.77. The highest BCUT2D eigenvalue weighted by Gasteiger charge is 2.24. The minimum Gasteiger partial charge on any atom is -0.376 e. The van der Waals surface area contributed by atoms with Gasteiger partial charge in [0.2, 0.25) is 0 Å². The Bertz CT molecular complexity index is 466. The zero-order chi connectivity index (χ0) is 12.5. The molecule has 0 aromatic carbocycles. The van der Waals surface area contributed by atoms with E-state index in [1.807, 2.05) is 0 Å². The topological polar surface area (TPSA) is 56.1 Å². The zero-order valence-electron chi connectivity index (χ0n) is 10.1. The van der Waals surface area contributed by atoms with Crippen LogP contribution in [0, 0.1) is 0 Å². The van der Waals surface area contributed by atoms with Crippen LogP contribution in [0.25, 0.3) is 0 Å². The molecular formula is C12H16BrN3O2. The number of carbonyl (C=O) groups excluding carboxylic acids is 1.